The van der Waals surface area contributed by atoms with Crippen LogP contribution in [0, 0.1) is 5.41 Å². The van der Waals surface area contributed by atoms with Crippen LogP contribution >= 0.6 is 23.2 Å². The minimum absolute atomic E-state index is 0.0710. The Morgan fingerprint density at radius 1 is 1.57 bits per heavy atom. The van der Waals surface area contributed by atoms with Crippen LogP contribution in [-0.4, -0.2) is 5.17 Å². The van der Waals surface area contributed by atoms with Crippen LogP contribution in [0.3, 0.4) is 0 Å². The summed E-state index contributed by atoms with van der Waals surface area (Å²) < 4.78 is 0. The first-order valence-electron chi connectivity index (χ1n) is 1.50. The van der Waals surface area contributed by atoms with Gasteiger partial charge in [-0.1, -0.05) is 23.2 Å². The van der Waals surface area contributed by atoms with E-state index in [1.54, 1.807) is 0 Å². The van der Waals surface area contributed by atoms with E-state index in [9.17, 15) is 0 Å². The summed E-state index contributed by atoms with van der Waals surface area (Å²) in [6, 6.07) is 0. The summed E-state index contributed by atoms with van der Waals surface area (Å²) in [6.45, 7) is 0. The van der Waals surface area contributed by atoms with Crippen molar-refractivity contribution in [3.8, 4) is 0 Å². The number of nitrogens with one attached hydrogen (secondary N) is 1. The minimum atomic E-state index is -0.232. The maximum atomic E-state index is 6.59. The van der Waals surface area contributed by atoms with Gasteiger partial charge in [0.05, 0.1) is 5.03 Å². The van der Waals surface area contributed by atoms with E-state index in [-0.39, 0.29) is 10.2 Å². The van der Waals surface area contributed by atoms with E-state index in [0.29, 0.717) is 0 Å². The highest BCUT2D eigenvalue weighted by Gasteiger charge is 1.91. The Balaban J connectivity index is 3.82. The summed E-state index contributed by atoms with van der Waals surface area (Å²) in [6.07, 6.45) is 1.07. The van der Waals surface area contributed by atoms with Crippen molar-refractivity contribution in [1.29, 1.82) is 5.41 Å². The van der Waals surface area contributed by atoms with Crippen molar-refractivity contribution in [2.75, 3.05) is 0 Å². The van der Waals surface area contributed by atoms with E-state index in [2.05, 4.69) is 0 Å². The predicted molar refractivity (Wildman–Crippen MR) is 31.7 cm³/mol. The lowest BCUT2D eigenvalue weighted by Crippen LogP contribution is -1.87. The van der Waals surface area contributed by atoms with Crippen LogP contribution in [0.1, 0.15) is 0 Å². The van der Waals surface area contributed by atoms with E-state index >= 15 is 0 Å². The van der Waals surface area contributed by atoms with Gasteiger partial charge in [0.1, 0.15) is 5.17 Å². The van der Waals surface area contributed by atoms with Gasteiger partial charge in [0.25, 0.3) is 0 Å². The number of rotatable bonds is 1. The van der Waals surface area contributed by atoms with Gasteiger partial charge in [-0.05, 0) is 0 Å². The van der Waals surface area contributed by atoms with Gasteiger partial charge in [-0.15, -0.1) is 0 Å². The molecule has 0 fully saturated rings. The highest BCUT2D eigenvalue weighted by Crippen LogP contribution is 2.02. The molecule has 0 bridgehead atoms. The standard InChI is InChI=1S/C3H4Cl2N2/c4-2(1-6)3(5)7/h1,7H,6H2/b2-1+,7-3?. The van der Waals surface area contributed by atoms with Crippen molar-refractivity contribution >= 4 is 28.4 Å². The molecule has 0 spiro atoms. The van der Waals surface area contributed by atoms with Crippen LogP contribution in [0.25, 0.3) is 0 Å². The average Bonchev–Trinajstić information content (AvgIpc) is 1.65. The third kappa shape index (κ3) is 2.48. The van der Waals surface area contributed by atoms with Crippen molar-refractivity contribution < 1.29 is 0 Å². The quantitative estimate of drug-likeness (QED) is 0.527. The molecule has 0 aliphatic carbocycles. The Bertz CT molecular complexity index is 108. The lowest BCUT2D eigenvalue weighted by atomic mass is 10.6. The van der Waals surface area contributed by atoms with Crippen molar-refractivity contribution in [3.63, 3.8) is 0 Å². The fourth-order valence-corrected chi connectivity index (χ4v) is 0.136. The Labute approximate surface area is 51.4 Å². The second-order valence-electron chi connectivity index (χ2n) is 0.829. The molecule has 0 saturated carbocycles. The fourth-order valence-electron chi connectivity index (χ4n) is 0.0732. The van der Waals surface area contributed by atoms with Crippen LogP contribution in [-0.2, 0) is 0 Å². The summed E-state index contributed by atoms with van der Waals surface area (Å²) in [5, 5.41) is 6.42. The molecule has 0 rings (SSSR count). The zero-order valence-electron chi connectivity index (χ0n) is 3.41. The molecule has 0 aromatic heterocycles. The Kier molecular flexibility index (Phi) is 2.79. The van der Waals surface area contributed by atoms with Crippen LogP contribution in [0.4, 0.5) is 0 Å². The zero-order chi connectivity index (χ0) is 5.86. The molecule has 0 radical (unpaired) electrons. The molecule has 0 unspecified atom stereocenters. The molecule has 0 aliphatic heterocycles. The third-order valence-corrected chi connectivity index (χ3v) is 0.971. The maximum absolute atomic E-state index is 6.59. The molecule has 0 heterocycles. The number of nitrogens with two attached hydrogens (primary N) is 1. The monoisotopic (exact) mass is 138 g/mol. The van der Waals surface area contributed by atoms with Crippen LogP contribution < -0.4 is 5.73 Å². The number of hydrogen-bond acceptors (Lipinski definition) is 2. The Morgan fingerprint density at radius 3 is 2.00 bits per heavy atom. The third-order valence-electron chi connectivity index (χ3n) is 0.356. The van der Waals surface area contributed by atoms with Gasteiger partial charge in [-0.25, -0.2) is 0 Å². The molecule has 0 amide bonds. The minimum Gasteiger partial charge on any atom is -0.403 e. The van der Waals surface area contributed by atoms with Gasteiger partial charge in [0.2, 0.25) is 0 Å². The summed E-state index contributed by atoms with van der Waals surface area (Å²) in [4.78, 5) is 0. The molecule has 0 aromatic carbocycles. The van der Waals surface area contributed by atoms with E-state index < -0.39 is 0 Å². The number of hydrogen-bond donors (Lipinski definition) is 2. The molecule has 0 atom stereocenters. The number of halogens is 2. The zero-order valence-corrected chi connectivity index (χ0v) is 4.92. The second-order valence-corrected chi connectivity index (χ2v) is 1.61. The topological polar surface area (TPSA) is 49.9 Å². The highest BCUT2D eigenvalue weighted by molar-refractivity contribution is 6.75. The summed E-state index contributed by atoms with van der Waals surface area (Å²) in [5.74, 6) is 0. The molecule has 0 aliphatic rings. The highest BCUT2D eigenvalue weighted by atomic mass is 35.5. The lowest BCUT2D eigenvalue weighted by Gasteiger charge is -1.83. The average molecular weight is 139 g/mol. The maximum Gasteiger partial charge on any atom is 0.141 e. The van der Waals surface area contributed by atoms with Crippen molar-refractivity contribution in [3.05, 3.63) is 11.2 Å². The number of allylic oxidation sites excluding steroid dienone is 1. The Hall–Kier alpha value is -0.210. The van der Waals surface area contributed by atoms with Gasteiger partial charge in [0, 0.05) is 6.20 Å². The van der Waals surface area contributed by atoms with Crippen molar-refractivity contribution in [1.82, 2.24) is 0 Å². The Morgan fingerprint density at radius 2 is 2.00 bits per heavy atom. The van der Waals surface area contributed by atoms with Crippen LogP contribution in [0.5, 0.6) is 0 Å². The largest absolute Gasteiger partial charge is 0.403 e. The first-order valence-corrected chi connectivity index (χ1v) is 2.26. The predicted octanol–water partition coefficient (Wildman–Crippen LogP) is 1.24. The lowest BCUT2D eigenvalue weighted by molar-refractivity contribution is 1.53. The molecule has 40 valence electrons. The van der Waals surface area contributed by atoms with Gasteiger partial charge >= 0.3 is 0 Å². The SMILES string of the molecule is N=C(Cl)/C(Cl)=C\N. The smallest absolute Gasteiger partial charge is 0.141 e. The van der Waals surface area contributed by atoms with E-state index in [4.69, 9.17) is 34.3 Å². The first kappa shape index (κ1) is 6.79. The van der Waals surface area contributed by atoms with Crippen molar-refractivity contribution in [2.24, 2.45) is 5.73 Å². The van der Waals surface area contributed by atoms with E-state index in [1.807, 2.05) is 0 Å². The van der Waals surface area contributed by atoms with Gasteiger partial charge in [-0.2, -0.15) is 0 Å². The van der Waals surface area contributed by atoms with Gasteiger partial charge in [-0.3, -0.25) is 5.41 Å². The summed E-state index contributed by atoms with van der Waals surface area (Å²) >= 11 is 10.2. The first-order chi connectivity index (χ1) is 3.18. The molecule has 3 N–H and O–H groups in total. The molecular weight excluding hydrogens is 135 g/mol. The van der Waals surface area contributed by atoms with E-state index in [1.165, 1.54) is 0 Å². The summed E-state index contributed by atoms with van der Waals surface area (Å²) in [5.41, 5.74) is 4.85. The fraction of sp³-hybridized carbons (Fsp3) is 0. The van der Waals surface area contributed by atoms with Crippen LogP contribution in [0.2, 0.25) is 0 Å². The molecule has 2 nitrogen and oxygen atoms in total. The summed E-state index contributed by atoms with van der Waals surface area (Å²) in [7, 11) is 0. The van der Waals surface area contributed by atoms with Crippen molar-refractivity contribution in [2.45, 2.75) is 0 Å². The molecule has 0 aromatic rings. The molecule has 7 heavy (non-hydrogen) atoms. The molecule has 0 saturated heterocycles. The normalized spacial score (nSPS) is 11.4. The second kappa shape index (κ2) is 2.88. The van der Waals surface area contributed by atoms with Gasteiger partial charge < -0.3 is 5.73 Å². The van der Waals surface area contributed by atoms with Crippen LogP contribution in [0.15, 0.2) is 11.2 Å². The van der Waals surface area contributed by atoms with Gasteiger partial charge in [0.15, 0.2) is 0 Å². The molecule has 4 heteroatoms. The molecular formula is C3H4Cl2N2. The van der Waals surface area contributed by atoms with E-state index in [0.717, 1.165) is 6.20 Å².